The van der Waals surface area contributed by atoms with E-state index in [1.54, 1.807) is 25.8 Å². The van der Waals surface area contributed by atoms with Crippen molar-refractivity contribution in [2.75, 3.05) is 27.7 Å². The quantitative estimate of drug-likeness (QED) is 0.659. The third-order valence-corrected chi connectivity index (χ3v) is 4.29. The van der Waals surface area contributed by atoms with Crippen LogP contribution in [0.25, 0.3) is 5.69 Å². The molecule has 0 radical (unpaired) electrons. The topological polar surface area (TPSA) is 71.3 Å². The molecule has 1 aromatic heterocycles. The van der Waals surface area contributed by atoms with E-state index in [2.05, 4.69) is 10.1 Å². The molecule has 0 saturated heterocycles. The summed E-state index contributed by atoms with van der Waals surface area (Å²) in [5.41, 5.74) is 1.90. The van der Waals surface area contributed by atoms with Crippen molar-refractivity contribution in [1.82, 2.24) is 24.6 Å². The Morgan fingerprint density at radius 3 is 2.14 bits per heavy atom. The van der Waals surface area contributed by atoms with E-state index >= 15 is 0 Å². The zero-order chi connectivity index (χ0) is 20.1. The van der Waals surface area contributed by atoms with Gasteiger partial charge in [0, 0.05) is 27.6 Å². The number of rotatable bonds is 6. The van der Waals surface area contributed by atoms with E-state index < -0.39 is 0 Å². The van der Waals surface area contributed by atoms with Crippen molar-refractivity contribution in [2.24, 2.45) is 0 Å². The molecule has 0 N–H and O–H groups in total. The number of para-hydroxylation sites is 1. The molecule has 28 heavy (non-hydrogen) atoms. The lowest BCUT2D eigenvalue weighted by molar-refractivity contribution is -0.129. The Morgan fingerprint density at radius 2 is 1.54 bits per heavy atom. The molecule has 0 fully saturated rings. The molecule has 144 valence electrons. The van der Waals surface area contributed by atoms with Crippen LogP contribution in [0, 0.1) is 0 Å². The summed E-state index contributed by atoms with van der Waals surface area (Å²) in [7, 11) is 4.88. The van der Waals surface area contributed by atoms with Crippen molar-refractivity contribution in [3.8, 4) is 5.69 Å². The van der Waals surface area contributed by atoms with Gasteiger partial charge in [0.1, 0.15) is 5.82 Å². The highest BCUT2D eigenvalue weighted by Crippen LogP contribution is 2.14. The van der Waals surface area contributed by atoms with Gasteiger partial charge in [0.15, 0.2) is 0 Å². The summed E-state index contributed by atoms with van der Waals surface area (Å²) >= 11 is 0. The Hall–Kier alpha value is -3.48. The lowest BCUT2D eigenvalue weighted by Crippen LogP contribution is -2.38. The maximum absolute atomic E-state index is 12.8. The minimum absolute atomic E-state index is 0.0280. The van der Waals surface area contributed by atoms with Crippen LogP contribution in [0.1, 0.15) is 22.0 Å². The number of likely N-dealkylation sites (N-methyl/N-ethyl adjacent to an activating group) is 2. The number of carbonyl (C=O) groups is 2. The molecule has 0 aliphatic rings. The predicted octanol–water partition coefficient (Wildman–Crippen LogP) is 2.02. The first kappa shape index (κ1) is 19.3. The number of carbonyl (C=O) groups excluding carboxylic acids is 2. The van der Waals surface area contributed by atoms with E-state index in [0.717, 1.165) is 11.3 Å². The van der Waals surface area contributed by atoms with E-state index in [1.807, 2.05) is 60.7 Å². The van der Waals surface area contributed by atoms with E-state index in [4.69, 9.17) is 0 Å². The molecule has 2 amide bonds. The van der Waals surface area contributed by atoms with Crippen molar-refractivity contribution >= 4 is 11.8 Å². The van der Waals surface area contributed by atoms with Crippen molar-refractivity contribution in [3.05, 3.63) is 77.9 Å². The van der Waals surface area contributed by atoms with Crippen molar-refractivity contribution in [1.29, 1.82) is 0 Å². The number of nitrogens with zero attached hydrogens (tertiary/aromatic N) is 5. The van der Waals surface area contributed by atoms with Crippen LogP contribution in [0.3, 0.4) is 0 Å². The van der Waals surface area contributed by atoms with E-state index in [-0.39, 0.29) is 24.2 Å². The monoisotopic (exact) mass is 377 g/mol. The molecule has 0 spiro atoms. The van der Waals surface area contributed by atoms with Crippen molar-refractivity contribution in [2.45, 2.75) is 6.42 Å². The highest BCUT2D eigenvalue weighted by molar-refractivity contribution is 5.93. The van der Waals surface area contributed by atoms with Gasteiger partial charge in [-0.25, -0.2) is 9.67 Å². The highest BCUT2D eigenvalue weighted by Gasteiger charge is 2.22. The van der Waals surface area contributed by atoms with Crippen LogP contribution in [-0.4, -0.2) is 64.1 Å². The van der Waals surface area contributed by atoms with Gasteiger partial charge in [-0.05, 0) is 17.7 Å². The zero-order valence-electron chi connectivity index (χ0n) is 16.2. The SMILES string of the molecule is CN(C)C(=O)CN(C)C(=O)c1nc(Cc2ccccc2)n(-c2ccccc2)n1. The lowest BCUT2D eigenvalue weighted by Gasteiger charge is -2.17. The molecule has 2 aromatic carbocycles. The molecule has 0 aliphatic heterocycles. The molecular weight excluding hydrogens is 354 g/mol. The van der Waals surface area contributed by atoms with Crippen LogP contribution < -0.4 is 0 Å². The second-order valence-corrected chi connectivity index (χ2v) is 6.71. The Kier molecular flexibility index (Phi) is 5.84. The Morgan fingerprint density at radius 1 is 0.929 bits per heavy atom. The Labute approximate surface area is 164 Å². The highest BCUT2D eigenvalue weighted by atomic mass is 16.2. The van der Waals surface area contributed by atoms with Gasteiger partial charge in [-0.15, -0.1) is 5.10 Å². The first-order valence-electron chi connectivity index (χ1n) is 8.96. The molecule has 3 aromatic rings. The van der Waals surface area contributed by atoms with E-state index in [1.165, 1.54) is 9.80 Å². The van der Waals surface area contributed by atoms with Gasteiger partial charge in [-0.3, -0.25) is 9.59 Å². The third kappa shape index (κ3) is 4.43. The minimum atomic E-state index is -0.390. The van der Waals surface area contributed by atoms with Crippen LogP contribution in [0.15, 0.2) is 60.7 Å². The average molecular weight is 377 g/mol. The minimum Gasteiger partial charge on any atom is -0.347 e. The normalized spacial score (nSPS) is 10.5. The molecular formula is C21H23N5O2. The number of benzene rings is 2. The second kappa shape index (κ2) is 8.47. The molecule has 0 aliphatic carbocycles. The van der Waals surface area contributed by atoms with Crippen LogP contribution in [0.5, 0.6) is 0 Å². The van der Waals surface area contributed by atoms with Crippen LogP contribution in [-0.2, 0) is 11.2 Å². The van der Waals surface area contributed by atoms with Gasteiger partial charge in [0.2, 0.25) is 11.7 Å². The summed E-state index contributed by atoms with van der Waals surface area (Å²) in [5.74, 6) is 0.180. The smallest absolute Gasteiger partial charge is 0.293 e. The van der Waals surface area contributed by atoms with E-state index in [0.29, 0.717) is 12.2 Å². The largest absolute Gasteiger partial charge is 0.347 e. The summed E-state index contributed by atoms with van der Waals surface area (Å²) in [6, 6.07) is 19.5. The van der Waals surface area contributed by atoms with Crippen molar-refractivity contribution in [3.63, 3.8) is 0 Å². The fourth-order valence-corrected chi connectivity index (χ4v) is 2.69. The molecule has 7 heteroatoms. The summed E-state index contributed by atoms with van der Waals surface area (Å²) in [4.78, 5) is 31.9. The molecule has 7 nitrogen and oxygen atoms in total. The fourth-order valence-electron chi connectivity index (χ4n) is 2.69. The summed E-state index contributed by atoms with van der Waals surface area (Å²) in [6.45, 7) is -0.0280. The molecule has 0 unspecified atom stereocenters. The van der Waals surface area contributed by atoms with Gasteiger partial charge < -0.3 is 9.80 Å². The zero-order valence-corrected chi connectivity index (χ0v) is 16.2. The molecule has 3 rings (SSSR count). The van der Waals surface area contributed by atoms with Crippen LogP contribution in [0.4, 0.5) is 0 Å². The fraction of sp³-hybridized carbons (Fsp3) is 0.238. The number of hydrogen-bond donors (Lipinski definition) is 0. The van der Waals surface area contributed by atoms with Crippen LogP contribution in [0.2, 0.25) is 0 Å². The Balaban J connectivity index is 1.92. The molecule has 0 saturated carbocycles. The first-order valence-corrected chi connectivity index (χ1v) is 8.96. The summed E-state index contributed by atoms with van der Waals surface area (Å²) in [6.07, 6.45) is 0.538. The molecule has 0 atom stereocenters. The summed E-state index contributed by atoms with van der Waals surface area (Å²) in [5, 5.41) is 4.44. The van der Waals surface area contributed by atoms with Gasteiger partial charge in [0.25, 0.3) is 5.91 Å². The van der Waals surface area contributed by atoms with Crippen molar-refractivity contribution < 1.29 is 9.59 Å². The third-order valence-electron chi connectivity index (χ3n) is 4.29. The average Bonchev–Trinajstić information content (AvgIpc) is 3.12. The maximum atomic E-state index is 12.8. The van der Waals surface area contributed by atoms with Gasteiger partial charge in [-0.2, -0.15) is 0 Å². The maximum Gasteiger partial charge on any atom is 0.293 e. The van der Waals surface area contributed by atoms with E-state index in [9.17, 15) is 9.59 Å². The predicted molar refractivity (Wildman–Crippen MR) is 106 cm³/mol. The summed E-state index contributed by atoms with van der Waals surface area (Å²) < 4.78 is 1.68. The number of amides is 2. The van der Waals surface area contributed by atoms with Gasteiger partial charge >= 0.3 is 0 Å². The Bertz CT molecular complexity index is 951. The van der Waals surface area contributed by atoms with Gasteiger partial charge in [-0.1, -0.05) is 48.5 Å². The first-order chi connectivity index (χ1) is 13.5. The molecule has 0 bridgehead atoms. The lowest BCUT2D eigenvalue weighted by atomic mass is 10.1. The second-order valence-electron chi connectivity index (χ2n) is 6.71. The standard InChI is InChI=1S/C21H23N5O2/c1-24(2)19(27)15-25(3)21(28)20-22-18(14-16-10-6-4-7-11-16)26(23-20)17-12-8-5-9-13-17/h4-13H,14-15H2,1-3H3. The number of aromatic nitrogens is 3. The van der Waals surface area contributed by atoms with Crippen LogP contribution >= 0.6 is 0 Å². The molecule has 1 heterocycles. The number of hydrogen-bond acceptors (Lipinski definition) is 4. The van der Waals surface area contributed by atoms with Gasteiger partial charge in [0.05, 0.1) is 12.2 Å².